The lowest BCUT2D eigenvalue weighted by Gasteiger charge is -2.37. The van der Waals surface area contributed by atoms with Crippen LogP contribution >= 0.6 is 0 Å². The quantitative estimate of drug-likeness (QED) is 0.847. The van der Waals surface area contributed by atoms with Gasteiger partial charge in [-0.1, -0.05) is 56.7 Å². The molecule has 0 radical (unpaired) electrons. The van der Waals surface area contributed by atoms with Crippen molar-refractivity contribution in [3.8, 4) is 0 Å². The molecule has 0 unspecified atom stereocenters. The van der Waals surface area contributed by atoms with E-state index in [-0.39, 0.29) is 11.5 Å². The van der Waals surface area contributed by atoms with Crippen molar-refractivity contribution in [2.24, 2.45) is 5.92 Å². The summed E-state index contributed by atoms with van der Waals surface area (Å²) in [4.78, 5) is 30.7. The third-order valence-electron chi connectivity index (χ3n) is 6.43. The molecule has 0 saturated heterocycles. The number of nitrogens with zero attached hydrogens (tertiary/aromatic N) is 1. The molecule has 4 nitrogen and oxygen atoms in total. The second-order valence-electron chi connectivity index (χ2n) is 8.30. The Bertz CT molecular complexity index is 845. The molecule has 2 saturated carbocycles. The zero-order chi connectivity index (χ0) is 18.6. The zero-order valence-electron chi connectivity index (χ0n) is 16.1. The largest absolute Gasteiger partial charge is 0.335 e. The van der Waals surface area contributed by atoms with Crippen molar-refractivity contribution < 1.29 is 4.79 Å². The van der Waals surface area contributed by atoms with Gasteiger partial charge >= 0.3 is 0 Å². The van der Waals surface area contributed by atoms with Crippen molar-refractivity contribution >= 4 is 16.8 Å². The number of H-pyrrole nitrogens is 1. The first-order valence-electron chi connectivity index (χ1n) is 10.6. The Balaban J connectivity index is 1.66. The smallest absolute Gasteiger partial charge is 0.248 e. The summed E-state index contributed by atoms with van der Waals surface area (Å²) >= 11 is 0. The Labute approximate surface area is 161 Å². The highest BCUT2D eigenvalue weighted by molar-refractivity contribution is 5.83. The van der Waals surface area contributed by atoms with Gasteiger partial charge in [0, 0.05) is 35.5 Å². The van der Waals surface area contributed by atoms with Gasteiger partial charge in [-0.05, 0) is 37.3 Å². The molecular formula is C23H30N2O2. The van der Waals surface area contributed by atoms with Crippen LogP contribution < -0.4 is 5.56 Å². The van der Waals surface area contributed by atoms with Gasteiger partial charge < -0.3 is 9.88 Å². The molecule has 1 aromatic heterocycles. The van der Waals surface area contributed by atoms with Gasteiger partial charge in [0.05, 0.1) is 0 Å². The van der Waals surface area contributed by atoms with E-state index in [0.29, 0.717) is 18.5 Å². The van der Waals surface area contributed by atoms with Crippen LogP contribution in [-0.4, -0.2) is 21.8 Å². The summed E-state index contributed by atoms with van der Waals surface area (Å²) in [6.45, 7) is 0.560. The average Bonchev–Trinajstić information content (AvgIpc) is 2.72. The van der Waals surface area contributed by atoms with Crippen molar-refractivity contribution in [3.63, 3.8) is 0 Å². The van der Waals surface area contributed by atoms with Gasteiger partial charge in [0.15, 0.2) is 0 Å². The van der Waals surface area contributed by atoms with Gasteiger partial charge in [0.1, 0.15) is 0 Å². The van der Waals surface area contributed by atoms with Crippen LogP contribution in [-0.2, 0) is 11.3 Å². The summed E-state index contributed by atoms with van der Waals surface area (Å²) in [6, 6.07) is 9.93. The number of rotatable bonds is 4. The minimum Gasteiger partial charge on any atom is -0.335 e. The van der Waals surface area contributed by atoms with E-state index in [1.54, 1.807) is 6.07 Å². The van der Waals surface area contributed by atoms with Crippen LogP contribution in [0.5, 0.6) is 0 Å². The third kappa shape index (κ3) is 4.10. The molecule has 2 aliphatic rings. The zero-order valence-corrected chi connectivity index (χ0v) is 16.1. The van der Waals surface area contributed by atoms with Gasteiger partial charge in [0.2, 0.25) is 11.5 Å². The molecule has 4 rings (SSSR count). The van der Waals surface area contributed by atoms with Crippen LogP contribution in [0.3, 0.4) is 0 Å². The van der Waals surface area contributed by atoms with Crippen LogP contribution in [0, 0.1) is 5.92 Å². The SMILES string of the molecule is O=C(C1CCCCC1)N(Cc1cc(=O)[nH]c2ccccc12)C1CCCCC1. The monoisotopic (exact) mass is 366 g/mol. The molecule has 2 aliphatic carbocycles. The van der Waals surface area contributed by atoms with Crippen LogP contribution in [0.1, 0.15) is 69.8 Å². The van der Waals surface area contributed by atoms with Gasteiger partial charge in [-0.2, -0.15) is 0 Å². The number of fused-ring (bicyclic) bond motifs is 1. The molecule has 0 spiro atoms. The Morgan fingerprint density at radius 3 is 2.37 bits per heavy atom. The highest BCUT2D eigenvalue weighted by Gasteiger charge is 2.31. The highest BCUT2D eigenvalue weighted by Crippen LogP contribution is 2.31. The van der Waals surface area contributed by atoms with E-state index in [4.69, 9.17) is 0 Å². The number of amides is 1. The number of hydrogen-bond donors (Lipinski definition) is 1. The number of carbonyl (C=O) groups excluding carboxylic acids is 1. The van der Waals surface area contributed by atoms with Crippen molar-refractivity contribution in [1.29, 1.82) is 0 Å². The normalized spacial score (nSPS) is 19.3. The van der Waals surface area contributed by atoms with E-state index in [2.05, 4.69) is 9.88 Å². The van der Waals surface area contributed by atoms with Crippen LogP contribution in [0.2, 0.25) is 0 Å². The predicted octanol–water partition coefficient (Wildman–Crippen LogP) is 4.77. The Morgan fingerprint density at radius 2 is 1.63 bits per heavy atom. The van der Waals surface area contributed by atoms with E-state index < -0.39 is 0 Å². The van der Waals surface area contributed by atoms with Crippen molar-refractivity contribution in [2.45, 2.75) is 76.8 Å². The van der Waals surface area contributed by atoms with Gasteiger partial charge in [-0.3, -0.25) is 9.59 Å². The molecular weight excluding hydrogens is 336 g/mol. The molecule has 4 heteroatoms. The standard InChI is InChI=1S/C23H30N2O2/c26-22-15-18(20-13-7-8-14-21(20)24-22)16-25(19-11-5-2-6-12-19)23(27)17-9-3-1-4-10-17/h7-8,13-15,17,19H,1-6,9-12,16H2,(H,24,26). The molecule has 27 heavy (non-hydrogen) atoms. The lowest BCUT2D eigenvalue weighted by molar-refractivity contribution is -0.140. The fourth-order valence-corrected chi connectivity index (χ4v) is 4.96. The Kier molecular flexibility index (Phi) is 5.61. The molecule has 0 aliphatic heterocycles. The van der Waals surface area contributed by atoms with Crippen LogP contribution in [0.4, 0.5) is 0 Å². The summed E-state index contributed by atoms with van der Waals surface area (Å²) in [5.74, 6) is 0.500. The van der Waals surface area contributed by atoms with E-state index in [1.165, 1.54) is 38.5 Å². The number of nitrogens with one attached hydrogen (secondary N) is 1. The highest BCUT2D eigenvalue weighted by atomic mass is 16.2. The summed E-state index contributed by atoms with van der Waals surface area (Å²) in [7, 11) is 0. The minimum absolute atomic E-state index is 0.0857. The molecule has 2 fully saturated rings. The fraction of sp³-hybridized carbons (Fsp3) is 0.565. The van der Waals surface area contributed by atoms with Crippen molar-refractivity contribution in [1.82, 2.24) is 9.88 Å². The van der Waals surface area contributed by atoms with Crippen molar-refractivity contribution in [3.05, 3.63) is 46.2 Å². The Hall–Kier alpha value is -2.10. The molecule has 1 N–H and O–H groups in total. The number of benzene rings is 1. The van der Waals surface area contributed by atoms with Crippen LogP contribution in [0.15, 0.2) is 35.1 Å². The molecule has 2 aromatic rings. The topological polar surface area (TPSA) is 53.2 Å². The summed E-state index contributed by atoms with van der Waals surface area (Å²) in [6.07, 6.45) is 11.5. The molecule has 1 heterocycles. The van der Waals surface area contributed by atoms with Gasteiger partial charge in [-0.15, -0.1) is 0 Å². The van der Waals surface area contributed by atoms with E-state index in [1.807, 2.05) is 24.3 Å². The second-order valence-corrected chi connectivity index (χ2v) is 8.30. The van der Waals surface area contributed by atoms with Crippen LogP contribution in [0.25, 0.3) is 10.9 Å². The third-order valence-corrected chi connectivity index (χ3v) is 6.43. The molecule has 0 atom stereocenters. The van der Waals surface area contributed by atoms with E-state index in [0.717, 1.165) is 42.1 Å². The minimum atomic E-state index is -0.0857. The molecule has 1 amide bonds. The summed E-state index contributed by atoms with van der Waals surface area (Å²) in [5, 5.41) is 1.05. The van der Waals surface area contributed by atoms with Gasteiger partial charge in [-0.25, -0.2) is 0 Å². The number of aromatic nitrogens is 1. The number of pyridine rings is 1. The number of aromatic amines is 1. The number of para-hydroxylation sites is 1. The summed E-state index contributed by atoms with van der Waals surface area (Å²) in [5.41, 5.74) is 1.75. The molecule has 1 aromatic carbocycles. The van der Waals surface area contributed by atoms with Crippen molar-refractivity contribution in [2.75, 3.05) is 0 Å². The lowest BCUT2D eigenvalue weighted by Crippen LogP contribution is -2.44. The van der Waals surface area contributed by atoms with E-state index in [9.17, 15) is 9.59 Å². The first-order chi connectivity index (χ1) is 13.2. The number of carbonyl (C=O) groups is 1. The first-order valence-corrected chi connectivity index (χ1v) is 10.6. The molecule has 144 valence electrons. The summed E-state index contributed by atoms with van der Waals surface area (Å²) < 4.78 is 0. The lowest BCUT2D eigenvalue weighted by atomic mass is 9.86. The second kappa shape index (κ2) is 8.28. The first kappa shape index (κ1) is 18.3. The Morgan fingerprint density at radius 1 is 0.963 bits per heavy atom. The fourth-order valence-electron chi connectivity index (χ4n) is 4.96. The average molecular weight is 367 g/mol. The van der Waals surface area contributed by atoms with E-state index >= 15 is 0 Å². The maximum Gasteiger partial charge on any atom is 0.248 e. The maximum atomic E-state index is 13.5. The van der Waals surface area contributed by atoms with Gasteiger partial charge in [0.25, 0.3) is 0 Å². The maximum absolute atomic E-state index is 13.5. The number of hydrogen-bond acceptors (Lipinski definition) is 2. The predicted molar refractivity (Wildman–Crippen MR) is 109 cm³/mol. The molecule has 0 bridgehead atoms.